The van der Waals surface area contributed by atoms with E-state index in [1.54, 1.807) is 12.1 Å². The molecule has 1 N–H and O–H groups in total. The van der Waals surface area contributed by atoms with Gasteiger partial charge >= 0.3 is 0 Å². The maximum atomic E-state index is 14.3. The molecule has 0 bridgehead atoms. The molecule has 0 saturated carbocycles. The monoisotopic (exact) mass is 262 g/mol. The summed E-state index contributed by atoms with van der Waals surface area (Å²) in [4.78, 5) is 18.5. The van der Waals surface area contributed by atoms with Gasteiger partial charge in [0, 0.05) is 11.1 Å². The van der Waals surface area contributed by atoms with Gasteiger partial charge in [-0.3, -0.25) is 4.79 Å². The molecule has 4 nitrogen and oxygen atoms in total. The summed E-state index contributed by atoms with van der Waals surface area (Å²) in [6.07, 6.45) is 1.28. The summed E-state index contributed by atoms with van der Waals surface area (Å²) in [5, 5.41) is 0. The maximum Gasteiger partial charge on any atom is 0.254 e. The summed E-state index contributed by atoms with van der Waals surface area (Å²) < 4.78 is 19.2. The van der Waals surface area contributed by atoms with Crippen molar-refractivity contribution in [2.24, 2.45) is 0 Å². The van der Waals surface area contributed by atoms with Gasteiger partial charge < -0.3 is 9.72 Å². The molecule has 0 fully saturated rings. The van der Waals surface area contributed by atoms with Crippen LogP contribution >= 0.6 is 0 Å². The standard InChI is InChI=1S/C14H15FN2O2/c1-8(2)11-13(16-7-17-14(11)18)9-5-4-6-10(19-3)12(9)15/h4-8H,1-3H3,(H,16,17,18). The first-order chi connectivity index (χ1) is 9.06. The Hall–Kier alpha value is -2.17. The van der Waals surface area contributed by atoms with Crippen LogP contribution in [0.1, 0.15) is 25.3 Å². The molecule has 19 heavy (non-hydrogen) atoms. The van der Waals surface area contributed by atoms with Gasteiger partial charge in [0.1, 0.15) is 0 Å². The van der Waals surface area contributed by atoms with E-state index in [1.807, 2.05) is 13.8 Å². The van der Waals surface area contributed by atoms with Crippen LogP contribution in [-0.2, 0) is 0 Å². The maximum absolute atomic E-state index is 14.3. The molecular formula is C14H15FN2O2. The lowest BCUT2D eigenvalue weighted by molar-refractivity contribution is 0.387. The van der Waals surface area contributed by atoms with Crippen molar-refractivity contribution in [3.8, 4) is 17.0 Å². The van der Waals surface area contributed by atoms with Gasteiger partial charge in [0.05, 0.1) is 19.1 Å². The van der Waals surface area contributed by atoms with E-state index in [0.29, 0.717) is 11.3 Å². The van der Waals surface area contributed by atoms with E-state index in [2.05, 4.69) is 9.97 Å². The summed E-state index contributed by atoms with van der Waals surface area (Å²) in [6, 6.07) is 4.79. The molecule has 2 rings (SSSR count). The number of ether oxygens (including phenoxy) is 1. The minimum atomic E-state index is -0.509. The molecule has 100 valence electrons. The highest BCUT2D eigenvalue weighted by molar-refractivity contribution is 5.65. The Bertz CT molecular complexity index is 650. The van der Waals surface area contributed by atoms with Crippen molar-refractivity contribution in [2.45, 2.75) is 19.8 Å². The van der Waals surface area contributed by atoms with Crippen LogP contribution in [0.4, 0.5) is 4.39 Å². The van der Waals surface area contributed by atoms with Gasteiger partial charge in [0.2, 0.25) is 0 Å². The third-order valence-corrected chi connectivity index (χ3v) is 2.90. The third-order valence-electron chi connectivity index (χ3n) is 2.90. The first kappa shape index (κ1) is 13.3. The number of halogens is 1. The molecule has 0 unspecified atom stereocenters. The van der Waals surface area contributed by atoms with E-state index in [1.165, 1.54) is 19.5 Å². The van der Waals surface area contributed by atoms with Gasteiger partial charge in [0.25, 0.3) is 5.56 Å². The fourth-order valence-corrected chi connectivity index (χ4v) is 2.01. The van der Waals surface area contributed by atoms with E-state index < -0.39 is 5.82 Å². The van der Waals surface area contributed by atoms with Crippen molar-refractivity contribution < 1.29 is 9.13 Å². The molecule has 0 aliphatic carbocycles. The molecule has 1 aromatic heterocycles. The van der Waals surface area contributed by atoms with Crippen molar-refractivity contribution in [2.75, 3.05) is 7.11 Å². The number of hydrogen-bond acceptors (Lipinski definition) is 3. The molecule has 0 aliphatic heterocycles. The summed E-state index contributed by atoms with van der Waals surface area (Å²) in [5.41, 5.74) is 0.848. The van der Waals surface area contributed by atoms with E-state index >= 15 is 0 Å². The minimum Gasteiger partial charge on any atom is -0.494 e. The Morgan fingerprint density at radius 3 is 2.74 bits per heavy atom. The quantitative estimate of drug-likeness (QED) is 0.925. The highest BCUT2D eigenvalue weighted by Gasteiger charge is 2.18. The highest BCUT2D eigenvalue weighted by atomic mass is 19.1. The van der Waals surface area contributed by atoms with Crippen LogP contribution < -0.4 is 10.3 Å². The number of nitrogens with zero attached hydrogens (tertiary/aromatic N) is 1. The SMILES string of the molecule is COc1cccc(-c2nc[nH]c(=O)c2C(C)C)c1F. The van der Waals surface area contributed by atoms with Crippen LogP contribution in [0, 0.1) is 5.82 Å². The Morgan fingerprint density at radius 1 is 1.37 bits per heavy atom. The number of nitrogens with one attached hydrogen (secondary N) is 1. The van der Waals surface area contributed by atoms with Gasteiger partial charge in [-0.25, -0.2) is 9.37 Å². The Labute approximate surface area is 110 Å². The van der Waals surface area contributed by atoms with Gasteiger partial charge in [-0.1, -0.05) is 19.9 Å². The molecule has 0 amide bonds. The summed E-state index contributed by atoms with van der Waals surface area (Å²) >= 11 is 0. The highest BCUT2D eigenvalue weighted by Crippen LogP contribution is 2.30. The zero-order valence-electron chi connectivity index (χ0n) is 11.0. The Kier molecular flexibility index (Phi) is 3.64. The van der Waals surface area contributed by atoms with E-state index in [0.717, 1.165) is 0 Å². The van der Waals surface area contributed by atoms with Crippen molar-refractivity contribution >= 4 is 0 Å². The molecule has 2 aromatic rings. The number of hydrogen-bond donors (Lipinski definition) is 1. The predicted octanol–water partition coefficient (Wildman–Crippen LogP) is 2.71. The molecule has 1 aromatic carbocycles. The van der Waals surface area contributed by atoms with Crippen molar-refractivity contribution in [1.29, 1.82) is 0 Å². The predicted molar refractivity (Wildman–Crippen MR) is 70.9 cm³/mol. The normalized spacial score (nSPS) is 10.8. The van der Waals surface area contributed by atoms with Gasteiger partial charge in [0.15, 0.2) is 11.6 Å². The minimum absolute atomic E-state index is 0.0574. The zero-order chi connectivity index (χ0) is 14.0. The van der Waals surface area contributed by atoms with Crippen molar-refractivity contribution in [3.63, 3.8) is 0 Å². The number of aromatic nitrogens is 2. The number of benzene rings is 1. The molecule has 0 aliphatic rings. The first-order valence-corrected chi connectivity index (χ1v) is 5.96. The van der Waals surface area contributed by atoms with Crippen LogP contribution in [0.2, 0.25) is 0 Å². The van der Waals surface area contributed by atoms with Crippen molar-refractivity contribution in [3.05, 3.63) is 46.3 Å². The van der Waals surface area contributed by atoms with Crippen LogP contribution in [0.3, 0.4) is 0 Å². The lowest BCUT2D eigenvalue weighted by Crippen LogP contribution is -2.16. The second-order valence-corrected chi connectivity index (χ2v) is 4.47. The molecular weight excluding hydrogens is 247 g/mol. The largest absolute Gasteiger partial charge is 0.494 e. The van der Waals surface area contributed by atoms with Crippen molar-refractivity contribution in [1.82, 2.24) is 9.97 Å². The summed E-state index contributed by atoms with van der Waals surface area (Å²) in [5.74, 6) is -0.433. The number of aromatic amines is 1. The van der Waals surface area contributed by atoms with Gasteiger partial charge in [-0.2, -0.15) is 0 Å². The lowest BCUT2D eigenvalue weighted by Gasteiger charge is -2.12. The molecule has 0 spiro atoms. The number of methoxy groups -OCH3 is 1. The number of H-pyrrole nitrogens is 1. The molecule has 1 heterocycles. The second-order valence-electron chi connectivity index (χ2n) is 4.47. The summed E-state index contributed by atoms with van der Waals surface area (Å²) in [7, 11) is 1.40. The Balaban J connectivity index is 2.73. The lowest BCUT2D eigenvalue weighted by atomic mass is 9.98. The average molecular weight is 262 g/mol. The average Bonchev–Trinajstić information content (AvgIpc) is 2.38. The smallest absolute Gasteiger partial charge is 0.254 e. The molecule has 0 saturated heterocycles. The molecule has 0 radical (unpaired) electrons. The number of rotatable bonds is 3. The Morgan fingerprint density at radius 2 is 2.11 bits per heavy atom. The van der Waals surface area contributed by atoms with E-state index in [9.17, 15) is 9.18 Å². The molecule has 5 heteroatoms. The van der Waals surface area contributed by atoms with Crippen LogP contribution in [0.25, 0.3) is 11.3 Å². The first-order valence-electron chi connectivity index (χ1n) is 5.96. The van der Waals surface area contributed by atoms with Crippen LogP contribution in [0.15, 0.2) is 29.3 Å². The fourth-order valence-electron chi connectivity index (χ4n) is 2.01. The van der Waals surface area contributed by atoms with E-state index in [4.69, 9.17) is 4.74 Å². The summed E-state index contributed by atoms with van der Waals surface area (Å²) in [6.45, 7) is 3.74. The van der Waals surface area contributed by atoms with Crippen LogP contribution in [-0.4, -0.2) is 17.1 Å². The topological polar surface area (TPSA) is 55.0 Å². The van der Waals surface area contributed by atoms with E-state index in [-0.39, 0.29) is 22.8 Å². The van der Waals surface area contributed by atoms with Crippen LogP contribution in [0.5, 0.6) is 5.75 Å². The zero-order valence-corrected chi connectivity index (χ0v) is 11.0. The van der Waals surface area contributed by atoms with Gasteiger partial charge in [-0.05, 0) is 18.1 Å². The third kappa shape index (κ3) is 2.36. The fraction of sp³-hybridized carbons (Fsp3) is 0.286. The second kappa shape index (κ2) is 5.22. The van der Waals surface area contributed by atoms with Gasteiger partial charge in [-0.15, -0.1) is 0 Å². The molecule has 0 atom stereocenters.